The molecule has 0 aliphatic carbocycles. The third-order valence-electron chi connectivity index (χ3n) is 1.85. The highest BCUT2D eigenvalue weighted by molar-refractivity contribution is 5.97. The molecule has 1 aliphatic rings. The van der Waals surface area contributed by atoms with Crippen molar-refractivity contribution in [1.82, 2.24) is 0 Å². The van der Waals surface area contributed by atoms with Gasteiger partial charge in [-0.1, -0.05) is 18.2 Å². The molecule has 0 radical (unpaired) electrons. The van der Waals surface area contributed by atoms with Crippen LogP contribution in [0.5, 0.6) is 0 Å². The van der Waals surface area contributed by atoms with Crippen molar-refractivity contribution in [3.05, 3.63) is 42.6 Å². The average molecular weight is 160 g/mol. The minimum atomic E-state index is 0. The zero-order chi connectivity index (χ0) is 8.39. The Bertz CT molecular complexity index is 321. The van der Waals surface area contributed by atoms with Gasteiger partial charge in [-0.2, -0.15) is 0 Å². The Morgan fingerprint density at radius 3 is 2.58 bits per heavy atom. The van der Waals surface area contributed by atoms with E-state index in [0.717, 1.165) is 5.69 Å². The van der Waals surface area contributed by atoms with E-state index in [1.165, 1.54) is 0 Å². The molecule has 1 aromatic rings. The SMILES string of the molecule is O=C1C=CN(c2ccccc2)C1.[H+]. The van der Waals surface area contributed by atoms with Crippen molar-refractivity contribution in [2.24, 2.45) is 0 Å². The number of nitrogens with zero attached hydrogens (tertiary/aromatic N) is 1. The molecule has 0 amide bonds. The molecular formula is C10H10NO+. The number of hydrogen-bond acceptors (Lipinski definition) is 2. The van der Waals surface area contributed by atoms with Gasteiger partial charge in [0.25, 0.3) is 0 Å². The lowest BCUT2D eigenvalue weighted by Crippen LogP contribution is -2.16. The summed E-state index contributed by atoms with van der Waals surface area (Å²) in [7, 11) is 0. The molecule has 0 spiro atoms. The van der Waals surface area contributed by atoms with Crippen molar-refractivity contribution < 1.29 is 6.22 Å². The van der Waals surface area contributed by atoms with Crippen LogP contribution in [0.25, 0.3) is 0 Å². The predicted molar refractivity (Wildman–Crippen MR) is 49.0 cm³/mol. The summed E-state index contributed by atoms with van der Waals surface area (Å²) in [6.45, 7) is 0.476. The number of benzene rings is 1. The van der Waals surface area contributed by atoms with Gasteiger partial charge in [-0.3, -0.25) is 4.79 Å². The largest absolute Gasteiger partial charge is 1.00 e. The maximum Gasteiger partial charge on any atom is 1.00 e. The number of hydrogen-bond donors (Lipinski definition) is 0. The van der Waals surface area contributed by atoms with E-state index in [-0.39, 0.29) is 7.21 Å². The van der Waals surface area contributed by atoms with Crippen molar-refractivity contribution in [3.63, 3.8) is 0 Å². The lowest BCUT2D eigenvalue weighted by molar-refractivity contribution is -0.112. The van der Waals surface area contributed by atoms with Crippen LogP contribution < -0.4 is 4.90 Å². The summed E-state index contributed by atoms with van der Waals surface area (Å²) < 4.78 is 0. The third-order valence-corrected chi connectivity index (χ3v) is 1.85. The van der Waals surface area contributed by atoms with Crippen LogP contribution in [-0.4, -0.2) is 12.3 Å². The van der Waals surface area contributed by atoms with Gasteiger partial charge in [0.15, 0.2) is 5.78 Å². The van der Waals surface area contributed by atoms with Crippen LogP contribution in [0, 0.1) is 0 Å². The monoisotopic (exact) mass is 160 g/mol. The highest BCUT2D eigenvalue weighted by Gasteiger charge is 2.12. The molecule has 2 nitrogen and oxygen atoms in total. The van der Waals surface area contributed by atoms with E-state index in [1.54, 1.807) is 6.08 Å². The molecule has 2 rings (SSSR count). The average Bonchev–Trinajstić information content (AvgIpc) is 2.54. The van der Waals surface area contributed by atoms with E-state index in [9.17, 15) is 4.79 Å². The summed E-state index contributed by atoms with van der Waals surface area (Å²) in [5, 5.41) is 0. The lowest BCUT2D eigenvalue weighted by Gasteiger charge is -2.13. The first kappa shape index (κ1) is 7.10. The first-order valence-electron chi connectivity index (χ1n) is 3.89. The highest BCUT2D eigenvalue weighted by Crippen LogP contribution is 2.15. The van der Waals surface area contributed by atoms with Gasteiger partial charge in [-0.25, -0.2) is 0 Å². The molecule has 1 aromatic carbocycles. The Balaban J connectivity index is 0.000000845. The van der Waals surface area contributed by atoms with Gasteiger partial charge in [0.1, 0.15) is 0 Å². The summed E-state index contributed by atoms with van der Waals surface area (Å²) in [6, 6.07) is 9.87. The van der Waals surface area contributed by atoms with Crippen molar-refractivity contribution in [3.8, 4) is 0 Å². The second-order valence-electron chi connectivity index (χ2n) is 2.75. The summed E-state index contributed by atoms with van der Waals surface area (Å²) in [6.07, 6.45) is 3.42. The fraction of sp³-hybridized carbons (Fsp3) is 0.100. The second-order valence-corrected chi connectivity index (χ2v) is 2.75. The molecule has 0 N–H and O–H groups in total. The Kier molecular flexibility index (Phi) is 1.67. The van der Waals surface area contributed by atoms with Crippen LogP contribution in [0.4, 0.5) is 5.69 Å². The molecule has 1 heterocycles. The van der Waals surface area contributed by atoms with E-state index in [1.807, 2.05) is 41.4 Å². The topological polar surface area (TPSA) is 20.3 Å². The summed E-state index contributed by atoms with van der Waals surface area (Å²) >= 11 is 0. The van der Waals surface area contributed by atoms with Gasteiger partial charge < -0.3 is 4.90 Å². The van der Waals surface area contributed by atoms with Gasteiger partial charge in [0.05, 0.1) is 6.54 Å². The molecule has 0 atom stereocenters. The van der Waals surface area contributed by atoms with Crippen molar-refractivity contribution in [1.29, 1.82) is 0 Å². The lowest BCUT2D eigenvalue weighted by atomic mass is 10.3. The zero-order valence-corrected chi connectivity index (χ0v) is 6.60. The molecule has 60 valence electrons. The number of carbonyl (C=O) groups is 1. The summed E-state index contributed by atoms with van der Waals surface area (Å²) in [5.74, 6) is 0.166. The van der Waals surface area contributed by atoms with Crippen molar-refractivity contribution in [2.75, 3.05) is 11.4 Å². The predicted octanol–water partition coefficient (Wildman–Crippen LogP) is 1.70. The molecule has 0 aromatic heterocycles. The first-order valence-corrected chi connectivity index (χ1v) is 3.89. The van der Waals surface area contributed by atoms with Gasteiger partial charge in [-0.15, -0.1) is 0 Å². The molecule has 12 heavy (non-hydrogen) atoms. The molecule has 0 saturated heterocycles. The van der Waals surface area contributed by atoms with Crippen LogP contribution in [0.3, 0.4) is 0 Å². The van der Waals surface area contributed by atoms with Crippen LogP contribution in [0.1, 0.15) is 1.43 Å². The Hall–Kier alpha value is -1.57. The van der Waals surface area contributed by atoms with E-state index >= 15 is 0 Å². The fourth-order valence-electron chi connectivity index (χ4n) is 1.24. The van der Waals surface area contributed by atoms with Gasteiger partial charge in [0.2, 0.25) is 0 Å². The minimum Gasteiger partial charge on any atom is -0.340 e. The smallest absolute Gasteiger partial charge is 0.340 e. The number of ketones is 1. The van der Waals surface area contributed by atoms with Crippen molar-refractivity contribution in [2.45, 2.75) is 0 Å². The van der Waals surface area contributed by atoms with E-state index in [4.69, 9.17) is 0 Å². The number of carbonyl (C=O) groups excluding carboxylic acids is 1. The van der Waals surface area contributed by atoms with Gasteiger partial charge >= 0.3 is 1.43 Å². The van der Waals surface area contributed by atoms with Gasteiger partial charge in [-0.05, 0) is 18.2 Å². The normalized spacial score (nSPS) is 15.7. The molecule has 1 aliphatic heterocycles. The molecule has 0 bridgehead atoms. The Morgan fingerprint density at radius 2 is 2.00 bits per heavy atom. The fourth-order valence-corrected chi connectivity index (χ4v) is 1.24. The number of anilines is 1. The minimum absolute atomic E-state index is 0. The quantitative estimate of drug-likeness (QED) is 0.623. The first-order chi connectivity index (χ1) is 5.86. The van der Waals surface area contributed by atoms with Crippen LogP contribution in [-0.2, 0) is 4.79 Å². The third kappa shape index (κ3) is 1.23. The molecule has 0 unspecified atom stereocenters. The van der Waals surface area contributed by atoms with Crippen LogP contribution in [0.2, 0.25) is 0 Å². The van der Waals surface area contributed by atoms with E-state index in [2.05, 4.69) is 0 Å². The van der Waals surface area contributed by atoms with Gasteiger partial charge in [0, 0.05) is 11.9 Å². The zero-order valence-electron chi connectivity index (χ0n) is 7.60. The standard InChI is InChI=1S/C10H9NO/c12-10-6-7-11(8-10)9-4-2-1-3-5-9/h1-7H,8H2/p+1. The summed E-state index contributed by atoms with van der Waals surface area (Å²) in [5.41, 5.74) is 1.07. The number of rotatable bonds is 1. The van der Waals surface area contributed by atoms with Crippen LogP contribution >= 0.6 is 0 Å². The molecular weight excluding hydrogens is 150 g/mol. The maximum atomic E-state index is 10.9. The molecule has 0 saturated carbocycles. The van der Waals surface area contributed by atoms with E-state index < -0.39 is 0 Å². The summed E-state index contributed by atoms with van der Waals surface area (Å²) in [4.78, 5) is 12.8. The van der Waals surface area contributed by atoms with E-state index in [0.29, 0.717) is 6.54 Å². The Morgan fingerprint density at radius 1 is 1.25 bits per heavy atom. The number of para-hydroxylation sites is 1. The van der Waals surface area contributed by atoms with Crippen LogP contribution in [0.15, 0.2) is 42.6 Å². The molecule has 2 heteroatoms. The second kappa shape index (κ2) is 2.81. The molecule has 0 fully saturated rings. The Labute approximate surface area is 72.6 Å². The highest BCUT2D eigenvalue weighted by atomic mass is 16.1. The van der Waals surface area contributed by atoms with Crippen molar-refractivity contribution >= 4 is 11.5 Å². The maximum absolute atomic E-state index is 10.9.